The molecule has 1 fully saturated rings. The minimum Gasteiger partial charge on any atom is -0.352 e. The van der Waals surface area contributed by atoms with E-state index in [1.54, 1.807) is 19.1 Å². The summed E-state index contributed by atoms with van der Waals surface area (Å²) in [6, 6.07) is 11.7. The normalized spacial score (nSPS) is 15.1. The van der Waals surface area contributed by atoms with E-state index in [-0.39, 0.29) is 43.8 Å². The van der Waals surface area contributed by atoms with Crippen molar-refractivity contribution >= 4 is 39.1 Å². The van der Waals surface area contributed by atoms with Crippen molar-refractivity contribution in [2.24, 2.45) is 0 Å². The number of benzene rings is 2. The molecule has 0 radical (unpaired) electrons. The minimum absolute atomic E-state index is 0.0435. The molecular formula is C27H35ClFN3O4S. The Morgan fingerprint density at radius 3 is 2.27 bits per heavy atom. The number of hydrogen-bond donors (Lipinski definition) is 1. The van der Waals surface area contributed by atoms with E-state index >= 15 is 0 Å². The lowest BCUT2D eigenvalue weighted by atomic mass is 9.95. The number of sulfonamides is 1. The average Bonchev–Trinajstić information content (AvgIpc) is 2.86. The molecule has 2 aromatic carbocycles. The predicted octanol–water partition coefficient (Wildman–Crippen LogP) is 4.89. The van der Waals surface area contributed by atoms with Crippen LogP contribution in [0, 0.1) is 5.82 Å². The molecule has 37 heavy (non-hydrogen) atoms. The van der Waals surface area contributed by atoms with Crippen molar-refractivity contribution in [3.05, 3.63) is 64.9 Å². The third-order valence-corrected chi connectivity index (χ3v) is 8.10. The summed E-state index contributed by atoms with van der Waals surface area (Å²) in [5.74, 6) is -0.919. The molecule has 2 aromatic rings. The molecule has 0 spiro atoms. The zero-order chi connectivity index (χ0) is 27.0. The number of halogens is 2. The molecule has 1 saturated carbocycles. The number of rotatable bonds is 11. The van der Waals surface area contributed by atoms with Crippen molar-refractivity contribution in [3.63, 3.8) is 0 Å². The zero-order valence-corrected chi connectivity index (χ0v) is 22.9. The second-order valence-electron chi connectivity index (χ2n) is 9.58. The molecule has 10 heteroatoms. The minimum atomic E-state index is -3.64. The summed E-state index contributed by atoms with van der Waals surface area (Å²) in [5, 5.41) is 3.67. The molecule has 0 aromatic heterocycles. The molecule has 202 valence electrons. The summed E-state index contributed by atoms with van der Waals surface area (Å²) < 4.78 is 39.2. The second-order valence-corrected chi connectivity index (χ2v) is 11.9. The van der Waals surface area contributed by atoms with Crippen LogP contribution >= 0.6 is 11.6 Å². The van der Waals surface area contributed by atoms with Gasteiger partial charge in [0.15, 0.2) is 0 Å². The molecule has 0 saturated heterocycles. The van der Waals surface area contributed by atoms with Gasteiger partial charge in [-0.05, 0) is 68.1 Å². The molecule has 0 unspecified atom stereocenters. The summed E-state index contributed by atoms with van der Waals surface area (Å²) in [7, 11) is -3.64. The van der Waals surface area contributed by atoms with Gasteiger partial charge in [0.25, 0.3) is 0 Å². The quantitative estimate of drug-likeness (QED) is 0.431. The lowest BCUT2D eigenvalue weighted by Gasteiger charge is -2.31. The van der Waals surface area contributed by atoms with Gasteiger partial charge in [0.05, 0.1) is 11.9 Å². The number of nitrogens with zero attached hydrogens (tertiary/aromatic N) is 2. The van der Waals surface area contributed by atoms with Crippen molar-refractivity contribution < 1.29 is 22.4 Å². The molecule has 0 bridgehead atoms. The van der Waals surface area contributed by atoms with Gasteiger partial charge < -0.3 is 10.2 Å². The highest BCUT2D eigenvalue weighted by Gasteiger charge is 2.28. The average molecular weight is 552 g/mol. The van der Waals surface area contributed by atoms with Gasteiger partial charge >= 0.3 is 0 Å². The standard InChI is InChI=1S/C27H35ClFN3O4S/c1-20(27(34)30-24-7-4-3-5-8-24)31(19-21-10-12-22(28)13-11-21)26(33)9-6-18-32(37(2,35)36)25-16-14-23(29)15-17-25/h10-17,20,24H,3-9,18-19H2,1-2H3,(H,30,34)/t20-/m0/s1. The van der Waals surface area contributed by atoms with Crippen LogP contribution in [0.25, 0.3) is 0 Å². The maximum absolute atomic E-state index is 13.4. The first-order valence-electron chi connectivity index (χ1n) is 12.6. The molecule has 1 aliphatic carbocycles. The van der Waals surface area contributed by atoms with Crippen LogP contribution in [0.5, 0.6) is 0 Å². The number of amides is 2. The Kier molecular flexibility index (Phi) is 10.3. The molecule has 1 atom stereocenters. The number of carbonyl (C=O) groups is 2. The number of nitrogens with one attached hydrogen (secondary N) is 1. The molecule has 0 aliphatic heterocycles. The molecule has 1 aliphatic rings. The Morgan fingerprint density at radius 2 is 1.68 bits per heavy atom. The third kappa shape index (κ3) is 8.71. The molecular weight excluding hydrogens is 517 g/mol. The van der Waals surface area contributed by atoms with Gasteiger partial charge in [-0.3, -0.25) is 13.9 Å². The van der Waals surface area contributed by atoms with Crippen LogP contribution in [0.1, 0.15) is 57.4 Å². The first-order valence-corrected chi connectivity index (χ1v) is 14.8. The Labute approximate surface area is 224 Å². The van der Waals surface area contributed by atoms with E-state index in [1.165, 1.54) is 35.6 Å². The maximum atomic E-state index is 13.4. The molecule has 1 N–H and O–H groups in total. The first-order chi connectivity index (χ1) is 17.5. The topological polar surface area (TPSA) is 86.8 Å². The van der Waals surface area contributed by atoms with Crippen molar-refractivity contribution in [1.29, 1.82) is 0 Å². The molecule has 7 nitrogen and oxygen atoms in total. The number of carbonyl (C=O) groups excluding carboxylic acids is 2. The second kappa shape index (κ2) is 13.2. The van der Waals surface area contributed by atoms with Crippen LogP contribution in [0.4, 0.5) is 10.1 Å². The van der Waals surface area contributed by atoms with Gasteiger partial charge in [-0.25, -0.2) is 12.8 Å². The fourth-order valence-electron chi connectivity index (χ4n) is 4.55. The Bertz CT molecular complexity index is 1150. The Balaban J connectivity index is 1.70. The highest BCUT2D eigenvalue weighted by molar-refractivity contribution is 7.92. The van der Waals surface area contributed by atoms with Crippen molar-refractivity contribution in [2.45, 2.75) is 70.5 Å². The highest BCUT2D eigenvalue weighted by Crippen LogP contribution is 2.21. The smallest absolute Gasteiger partial charge is 0.242 e. The lowest BCUT2D eigenvalue weighted by Crippen LogP contribution is -2.50. The monoisotopic (exact) mass is 551 g/mol. The van der Waals surface area contributed by atoms with Crippen LogP contribution in [-0.2, 0) is 26.2 Å². The largest absolute Gasteiger partial charge is 0.352 e. The summed E-state index contributed by atoms with van der Waals surface area (Å²) in [5.41, 5.74) is 1.16. The number of hydrogen-bond acceptors (Lipinski definition) is 4. The summed E-state index contributed by atoms with van der Waals surface area (Å²) >= 11 is 6.01. The van der Waals surface area contributed by atoms with Gasteiger partial charge in [-0.15, -0.1) is 0 Å². The maximum Gasteiger partial charge on any atom is 0.242 e. The van der Waals surface area contributed by atoms with Gasteiger partial charge in [-0.2, -0.15) is 0 Å². The summed E-state index contributed by atoms with van der Waals surface area (Å²) in [6.45, 7) is 1.99. The Morgan fingerprint density at radius 1 is 1.05 bits per heavy atom. The van der Waals surface area contributed by atoms with Gasteiger partial charge in [-0.1, -0.05) is 43.0 Å². The summed E-state index contributed by atoms with van der Waals surface area (Å²) in [4.78, 5) is 28.0. The van der Waals surface area contributed by atoms with E-state index in [4.69, 9.17) is 11.6 Å². The third-order valence-electron chi connectivity index (χ3n) is 6.65. The van der Waals surface area contributed by atoms with Crippen LogP contribution in [0.3, 0.4) is 0 Å². The van der Waals surface area contributed by atoms with Crippen LogP contribution in [0.15, 0.2) is 48.5 Å². The zero-order valence-electron chi connectivity index (χ0n) is 21.3. The molecule has 3 rings (SSSR count). The van der Waals surface area contributed by atoms with Crippen LogP contribution in [0.2, 0.25) is 5.02 Å². The fourth-order valence-corrected chi connectivity index (χ4v) is 5.64. The van der Waals surface area contributed by atoms with Crippen LogP contribution in [-0.4, -0.2) is 50.0 Å². The lowest BCUT2D eigenvalue weighted by molar-refractivity contribution is -0.141. The first kappa shape index (κ1) is 28.9. The van der Waals surface area contributed by atoms with Gasteiger partial charge in [0.1, 0.15) is 11.9 Å². The number of anilines is 1. The van der Waals surface area contributed by atoms with E-state index in [1.807, 2.05) is 12.1 Å². The summed E-state index contributed by atoms with van der Waals surface area (Å²) in [6.07, 6.45) is 6.56. The van der Waals surface area contributed by atoms with Crippen LogP contribution < -0.4 is 9.62 Å². The predicted molar refractivity (Wildman–Crippen MR) is 144 cm³/mol. The SMILES string of the molecule is C[C@@H](C(=O)NC1CCCCC1)N(Cc1ccc(Cl)cc1)C(=O)CCCN(c1ccc(F)cc1)S(C)(=O)=O. The van der Waals surface area contributed by atoms with Crippen molar-refractivity contribution in [1.82, 2.24) is 10.2 Å². The van der Waals surface area contributed by atoms with E-state index in [9.17, 15) is 22.4 Å². The van der Waals surface area contributed by atoms with Gasteiger partial charge in [0, 0.05) is 30.6 Å². The highest BCUT2D eigenvalue weighted by atomic mass is 35.5. The van der Waals surface area contributed by atoms with Gasteiger partial charge in [0.2, 0.25) is 21.8 Å². The molecule has 2 amide bonds. The van der Waals surface area contributed by atoms with E-state index in [2.05, 4.69) is 5.32 Å². The van der Waals surface area contributed by atoms with Crippen molar-refractivity contribution in [3.8, 4) is 0 Å². The Hall–Kier alpha value is -2.65. The van der Waals surface area contributed by atoms with E-state index in [0.29, 0.717) is 10.7 Å². The fraction of sp³-hybridized carbons (Fsp3) is 0.481. The van der Waals surface area contributed by atoms with Crippen molar-refractivity contribution in [2.75, 3.05) is 17.1 Å². The van der Waals surface area contributed by atoms with E-state index in [0.717, 1.165) is 41.8 Å². The molecule has 0 heterocycles. The van der Waals surface area contributed by atoms with E-state index < -0.39 is 21.9 Å².